The van der Waals surface area contributed by atoms with E-state index in [0.29, 0.717) is 12.0 Å². The maximum atomic E-state index is 11.3. The van der Waals surface area contributed by atoms with Gasteiger partial charge in [0.2, 0.25) is 11.9 Å². The van der Waals surface area contributed by atoms with E-state index < -0.39 is 0 Å². The van der Waals surface area contributed by atoms with Crippen LogP contribution in [0.4, 0.5) is 5.95 Å². The van der Waals surface area contributed by atoms with Crippen molar-refractivity contribution in [2.24, 2.45) is 0 Å². The Labute approximate surface area is 95.8 Å². The molecule has 1 saturated carbocycles. The van der Waals surface area contributed by atoms with Gasteiger partial charge in [-0.15, -0.1) is 0 Å². The summed E-state index contributed by atoms with van der Waals surface area (Å²) in [5, 5.41) is 5.72. The standard InChI is InChI=1S/C9H11BrN4O/c10-6-3-11-9(12-4-6)13-5-8(15)14-7-1-2-7/h3-4,7H,1-2,5H2,(H,14,15)(H,11,12,13). The third kappa shape index (κ3) is 3.47. The Bertz CT molecular complexity index is 350. The van der Waals surface area contributed by atoms with Gasteiger partial charge in [0.05, 0.1) is 11.0 Å². The van der Waals surface area contributed by atoms with Gasteiger partial charge in [0.25, 0.3) is 0 Å². The number of nitrogens with one attached hydrogen (secondary N) is 2. The van der Waals surface area contributed by atoms with E-state index in [1.807, 2.05) is 0 Å². The summed E-state index contributed by atoms with van der Waals surface area (Å²) >= 11 is 3.23. The van der Waals surface area contributed by atoms with Crippen LogP contribution in [-0.4, -0.2) is 28.5 Å². The molecule has 6 heteroatoms. The van der Waals surface area contributed by atoms with E-state index in [-0.39, 0.29) is 12.5 Å². The van der Waals surface area contributed by atoms with Crippen LogP contribution in [-0.2, 0) is 4.79 Å². The van der Waals surface area contributed by atoms with Crippen LogP contribution in [0.1, 0.15) is 12.8 Å². The van der Waals surface area contributed by atoms with Gasteiger partial charge in [-0.3, -0.25) is 4.79 Å². The van der Waals surface area contributed by atoms with Gasteiger partial charge in [0, 0.05) is 18.4 Å². The first-order chi connectivity index (χ1) is 7.24. The van der Waals surface area contributed by atoms with Gasteiger partial charge in [0.15, 0.2) is 0 Å². The first-order valence-electron chi connectivity index (χ1n) is 4.75. The second-order valence-corrected chi connectivity index (χ2v) is 4.34. The fourth-order valence-corrected chi connectivity index (χ4v) is 1.27. The summed E-state index contributed by atoms with van der Waals surface area (Å²) in [7, 11) is 0. The normalized spacial score (nSPS) is 14.7. The van der Waals surface area contributed by atoms with Gasteiger partial charge >= 0.3 is 0 Å². The molecule has 1 aromatic rings. The van der Waals surface area contributed by atoms with E-state index in [1.165, 1.54) is 0 Å². The zero-order chi connectivity index (χ0) is 10.7. The Balaban J connectivity index is 1.76. The highest BCUT2D eigenvalue weighted by atomic mass is 79.9. The molecule has 0 unspecified atom stereocenters. The quantitative estimate of drug-likeness (QED) is 0.855. The van der Waals surface area contributed by atoms with Crippen molar-refractivity contribution in [3.05, 3.63) is 16.9 Å². The number of hydrogen-bond acceptors (Lipinski definition) is 4. The molecule has 0 bridgehead atoms. The average Bonchev–Trinajstić information content (AvgIpc) is 3.01. The van der Waals surface area contributed by atoms with E-state index in [0.717, 1.165) is 17.3 Å². The summed E-state index contributed by atoms with van der Waals surface area (Å²) in [5.74, 6) is 0.452. The first kappa shape index (κ1) is 10.4. The summed E-state index contributed by atoms with van der Waals surface area (Å²) in [6.45, 7) is 0.220. The molecule has 0 spiro atoms. The summed E-state index contributed by atoms with van der Waals surface area (Å²) in [6.07, 6.45) is 5.46. The van der Waals surface area contributed by atoms with Crippen LogP contribution in [0.3, 0.4) is 0 Å². The number of rotatable bonds is 4. The minimum Gasteiger partial charge on any atom is -0.352 e. The van der Waals surface area contributed by atoms with Crippen LogP contribution in [0.5, 0.6) is 0 Å². The van der Waals surface area contributed by atoms with Crippen molar-refractivity contribution >= 4 is 27.8 Å². The number of nitrogens with zero attached hydrogens (tertiary/aromatic N) is 2. The highest BCUT2D eigenvalue weighted by Crippen LogP contribution is 2.18. The molecule has 1 aliphatic carbocycles. The molecular weight excluding hydrogens is 260 g/mol. The largest absolute Gasteiger partial charge is 0.352 e. The Hall–Kier alpha value is -1.17. The number of aromatic nitrogens is 2. The number of halogens is 1. The SMILES string of the molecule is O=C(CNc1ncc(Br)cn1)NC1CC1. The van der Waals surface area contributed by atoms with E-state index in [9.17, 15) is 4.79 Å². The van der Waals surface area contributed by atoms with Crippen molar-refractivity contribution < 1.29 is 4.79 Å². The van der Waals surface area contributed by atoms with Gasteiger partial charge in [-0.2, -0.15) is 0 Å². The summed E-state index contributed by atoms with van der Waals surface area (Å²) < 4.78 is 0.815. The van der Waals surface area contributed by atoms with Crippen molar-refractivity contribution in [3.8, 4) is 0 Å². The highest BCUT2D eigenvalue weighted by molar-refractivity contribution is 9.10. The smallest absolute Gasteiger partial charge is 0.239 e. The second kappa shape index (κ2) is 4.57. The van der Waals surface area contributed by atoms with E-state index in [2.05, 4.69) is 36.5 Å². The fraction of sp³-hybridized carbons (Fsp3) is 0.444. The van der Waals surface area contributed by atoms with E-state index in [4.69, 9.17) is 0 Å². The molecule has 0 saturated heterocycles. The fourth-order valence-electron chi connectivity index (χ4n) is 1.07. The molecule has 1 heterocycles. The third-order valence-corrected chi connectivity index (χ3v) is 2.38. The van der Waals surface area contributed by atoms with Gasteiger partial charge in [-0.05, 0) is 28.8 Å². The van der Waals surface area contributed by atoms with Crippen molar-refractivity contribution in [1.29, 1.82) is 0 Å². The molecule has 1 fully saturated rings. The van der Waals surface area contributed by atoms with Gasteiger partial charge in [-0.1, -0.05) is 0 Å². The Morgan fingerprint density at radius 3 is 2.73 bits per heavy atom. The number of hydrogen-bond donors (Lipinski definition) is 2. The van der Waals surface area contributed by atoms with Crippen LogP contribution in [0, 0.1) is 0 Å². The predicted octanol–water partition coefficient (Wildman–Crippen LogP) is 0.930. The molecule has 1 amide bonds. The Morgan fingerprint density at radius 2 is 2.13 bits per heavy atom. The number of amides is 1. The maximum Gasteiger partial charge on any atom is 0.239 e. The lowest BCUT2D eigenvalue weighted by Crippen LogP contribution is -2.31. The van der Waals surface area contributed by atoms with Gasteiger partial charge < -0.3 is 10.6 Å². The van der Waals surface area contributed by atoms with Crippen LogP contribution < -0.4 is 10.6 Å². The predicted molar refractivity (Wildman–Crippen MR) is 59.4 cm³/mol. The average molecular weight is 271 g/mol. The first-order valence-corrected chi connectivity index (χ1v) is 5.54. The lowest BCUT2D eigenvalue weighted by Gasteiger charge is -2.04. The summed E-state index contributed by atoms with van der Waals surface area (Å²) in [4.78, 5) is 19.3. The molecule has 0 radical (unpaired) electrons. The molecule has 5 nitrogen and oxygen atoms in total. The Kier molecular flexibility index (Phi) is 3.15. The molecule has 80 valence electrons. The zero-order valence-electron chi connectivity index (χ0n) is 8.03. The van der Waals surface area contributed by atoms with E-state index >= 15 is 0 Å². The van der Waals surface area contributed by atoms with Crippen molar-refractivity contribution in [2.75, 3.05) is 11.9 Å². The van der Waals surface area contributed by atoms with Crippen molar-refractivity contribution in [1.82, 2.24) is 15.3 Å². The maximum absolute atomic E-state index is 11.3. The molecule has 0 aromatic carbocycles. The topological polar surface area (TPSA) is 66.9 Å². The van der Waals surface area contributed by atoms with Crippen LogP contribution in [0.15, 0.2) is 16.9 Å². The van der Waals surface area contributed by atoms with Crippen LogP contribution in [0.2, 0.25) is 0 Å². The Morgan fingerprint density at radius 1 is 1.47 bits per heavy atom. The number of carbonyl (C=O) groups is 1. The van der Waals surface area contributed by atoms with E-state index in [1.54, 1.807) is 12.4 Å². The van der Waals surface area contributed by atoms with Gasteiger partial charge in [0.1, 0.15) is 0 Å². The van der Waals surface area contributed by atoms with Crippen molar-refractivity contribution in [2.45, 2.75) is 18.9 Å². The second-order valence-electron chi connectivity index (χ2n) is 3.42. The summed E-state index contributed by atoms with van der Waals surface area (Å²) in [5.41, 5.74) is 0. The zero-order valence-corrected chi connectivity index (χ0v) is 9.62. The summed E-state index contributed by atoms with van der Waals surface area (Å²) in [6, 6.07) is 0.394. The lowest BCUT2D eigenvalue weighted by molar-refractivity contribution is -0.119. The van der Waals surface area contributed by atoms with Gasteiger partial charge in [-0.25, -0.2) is 9.97 Å². The van der Waals surface area contributed by atoms with Crippen LogP contribution >= 0.6 is 15.9 Å². The number of anilines is 1. The van der Waals surface area contributed by atoms with Crippen molar-refractivity contribution in [3.63, 3.8) is 0 Å². The molecule has 15 heavy (non-hydrogen) atoms. The molecule has 0 atom stereocenters. The minimum atomic E-state index is -0.0102. The molecule has 1 aromatic heterocycles. The third-order valence-electron chi connectivity index (χ3n) is 1.97. The molecule has 1 aliphatic rings. The number of carbonyl (C=O) groups excluding carboxylic acids is 1. The molecule has 2 N–H and O–H groups in total. The molecule has 2 rings (SSSR count). The highest BCUT2D eigenvalue weighted by Gasteiger charge is 2.22. The monoisotopic (exact) mass is 270 g/mol. The molecule has 0 aliphatic heterocycles. The molecular formula is C9H11BrN4O. The minimum absolute atomic E-state index is 0.0102. The van der Waals surface area contributed by atoms with Crippen LogP contribution in [0.25, 0.3) is 0 Å². The lowest BCUT2D eigenvalue weighted by atomic mass is 10.5.